The molecule has 0 aromatic carbocycles. The van der Waals surface area contributed by atoms with E-state index in [1.807, 2.05) is 12.1 Å². The largest absolute Gasteiger partial charge is 0.476 e. The summed E-state index contributed by atoms with van der Waals surface area (Å²) in [5, 5.41) is 8.91. The van der Waals surface area contributed by atoms with Gasteiger partial charge in [0.2, 0.25) is 5.88 Å². The second-order valence-electron chi connectivity index (χ2n) is 4.60. The van der Waals surface area contributed by atoms with E-state index in [1.165, 1.54) is 19.3 Å². The zero-order chi connectivity index (χ0) is 12.1. The minimum Gasteiger partial charge on any atom is -0.476 e. The number of likely N-dealkylation sites (tertiary alicyclic amines) is 1. The fraction of sp³-hybridized carbons (Fsp3) is 0.615. The third kappa shape index (κ3) is 3.41. The lowest BCUT2D eigenvalue weighted by molar-refractivity contribution is 0.122. The summed E-state index contributed by atoms with van der Waals surface area (Å²) in [5.41, 5.74) is 0.812. The van der Waals surface area contributed by atoms with Gasteiger partial charge in [-0.2, -0.15) is 0 Å². The Hall–Kier alpha value is -1.13. The van der Waals surface area contributed by atoms with Crippen LogP contribution in [-0.4, -0.2) is 41.2 Å². The molecule has 1 aromatic heterocycles. The maximum absolute atomic E-state index is 8.91. The van der Waals surface area contributed by atoms with Gasteiger partial charge in [0.1, 0.15) is 6.61 Å². The molecule has 0 saturated carbocycles. The number of hydrogen-bond donors (Lipinski definition) is 1. The van der Waals surface area contributed by atoms with Crippen LogP contribution in [0.4, 0.5) is 0 Å². The van der Waals surface area contributed by atoms with Gasteiger partial charge in [-0.25, -0.2) is 4.98 Å². The standard InChI is InChI=1S/C13H20N2O2/c1-15-7-3-2-4-12(15)10-17-13-6-5-11(9-16)8-14-13/h5-6,8,12,16H,2-4,7,9-10H2,1H3. The van der Waals surface area contributed by atoms with Crippen molar-refractivity contribution in [3.63, 3.8) is 0 Å². The summed E-state index contributed by atoms with van der Waals surface area (Å²) in [6.45, 7) is 1.88. The van der Waals surface area contributed by atoms with Gasteiger partial charge in [-0.3, -0.25) is 0 Å². The van der Waals surface area contributed by atoms with Gasteiger partial charge in [0, 0.05) is 18.3 Å². The highest BCUT2D eigenvalue weighted by molar-refractivity contribution is 5.17. The van der Waals surface area contributed by atoms with Gasteiger partial charge >= 0.3 is 0 Å². The Morgan fingerprint density at radius 3 is 3.00 bits per heavy atom. The first-order valence-corrected chi connectivity index (χ1v) is 6.18. The van der Waals surface area contributed by atoms with Crippen LogP contribution in [0.1, 0.15) is 24.8 Å². The maximum Gasteiger partial charge on any atom is 0.213 e. The number of piperidine rings is 1. The van der Waals surface area contributed by atoms with Gasteiger partial charge in [0.15, 0.2) is 0 Å². The molecule has 1 saturated heterocycles. The van der Waals surface area contributed by atoms with Crippen molar-refractivity contribution in [1.29, 1.82) is 0 Å². The molecule has 1 aliphatic rings. The van der Waals surface area contributed by atoms with E-state index < -0.39 is 0 Å². The van der Waals surface area contributed by atoms with E-state index in [1.54, 1.807) is 6.20 Å². The normalized spacial score (nSPS) is 21.4. The lowest BCUT2D eigenvalue weighted by Gasteiger charge is -2.31. The Morgan fingerprint density at radius 2 is 2.35 bits per heavy atom. The van der Waals surface area contributed by atoms with Crippen LogP contribution >= 0.6 is 0 Å². The lowest BCUT2D eigenvalue weighted by Crippen LogP contribution is -2.40. The number of rotatable bonds is 4. The Kier molecular flexibility index (Phi) is 4.34. The second-order valence-corrected chi connectivity index (χ2v) is 4.60. The van der Waals surface area contributed by atoms with Crippen molar-refractivity contribution < 1.29 is 9.84 Å². The summed E-state index contributed by atoms with van der Waals surface area (Å²) >= 11 is 0. The molecule has 1 aromatic rings. The van der Waals surface area contributed by atoms with Crippen LogP contribution in [0.25, 0.3) is 0 Å². The molecule has 4 nitrogen and oxygen atoms in total. The van der Waals surface area contributed by atoms with Crippen molar-refractivity contribution in [2.45, 2.75) is 31.9 Å². The number of pyridine rings is 1. The van der Waals surface area contributed by atoms with Crippen molar-refractivity contribution in [3.8, 4) is 5.88 Å². The Morgan fingerprint density at radius 1 is 1.47 bits per heavy atom. The van der Waals surface area contributed by atoms with E-state index in [-0.39, 0.29) is 6.61 Å². The summed E-state index contributed by atoms with van der Waals surface area (Å²) in [6, 6.07) is 4.16. The van der Waals surface area contributed by atoms with Crippen molar-refractivity contribution in [2.24, 2.45) is 0 Å². The minimum atomic E-state index is 0.0264. The van der Waals surface area contributed by atoms with E-state index >= 15 is 0 Å². The van der Waals surface area contributed by atoms with Gasteiger partial charge < -0.3 is 14.7 Å². The van der Waals surface area contributed by atoms with Gasteiger partial charge in [-0.15, -0.1) is 0 Å². The number of ether oxygens (including phenoxy) is 1. The fourth-order valence-corrected chi connectivity index (χ4v) is 2.13. The molecule has 0 bridgehead atoms. The van der Waals surface area contributed by atoms with Gasteiger partial charge in [0.25, 0.3) is 0 Å². The smallest absolute Gasteiger partial charge is 0.213 e. The summed E-state index contributed by atoms with van der Waals surface area (Å²) in [5.74, 6) is 0.640. The molecule has 0 amide bonds. The summed E-state index contributed by atoms with van der Waals surface area (Å²) in [6.07, 6.45) is 5.43. The molecule has 1 unspecified atom stereocenters. The second kappa shape index (κ2) is 5.98. The van der Waals surface area contributed by atoms with Crippen LogP contribution in [0.15, 0.2) is 18.3 Å². The number of aliphatic hydroxyl groups excluding tert-OH is 1. The van der Waals surface area contributed by atoms with E-state index in [0.29, 0.717) is 18.5 Å². The molecule has 4 heteroatoms. The first kappa shape index (κ1) is 12.3. The van der Waals surface area contributed by atoms with Crippen LogP contribution < -0.4 is 4.74 Å². The van der Waals surface area contributed by atoms with Crippen molar-refractivity contribution in [3.05, 3.63) is 23.9 Å². The lowest BCUT2D eigenvalue weighted by atomic mass is 10.0. The highest BCUT2D eigenvalue weighted by Crippen LogP contribution is 2.16. The third-order valence-corrected chi connectivity index (χ3v) is 3.33. The van der Waals surface area contributed by atoms with Crippen LogP contribution in [0.3, 0.4) is 0 Å². The Bertz CT molecular complexity index is 340. The third-order valence-electron chi connectivity index (χ3n) is 3.33. The van der Waals surface area contributed by atoms with Crippen LogP contribution in [0.5, 0.6) is 5.88 Å². The molecule has 1 fully saturated rings. The summed E-state index contributed by atoms with van der Waals surface area (Å²) in [4.78, 5) is 6.51. The molecule has 94 valence electrons. The average molecular weight is 236 g/mol. The quantitative estimate of drug-likeness (QED) is 0.859. The minimum absolute atomic E-state index is 0.0264. The molecule has 0 aliphatic carbocycles. The first-order chi connectivity index (χ1) is 8.29. The first-order valence-electron chi connectivity index (χ1n) is 6.18. The summed E-state index contributed by atoms with van der Waals surface area (Å²) < 4.78 is 5.68. The van der Waals surface area contributed by atoms with Gasteiger partial charge in [-0.05, 0) is 38.1 Å². The molecule has 1 aliphatic heterocycles. The van der Waals surface area contributed by atoms with E-state index in [9.17, 15) is 0 Å². The predicted molar refractivity (Wildman–Crippen MR) is 65.9 cm³/mol. The van der Waals surface area contributed by atoms with Crippen LogP contribution in [-0.2, 0) is 6.61 Å². The fourth-order valence-electron chi connectivity index (χ4n) is 2.13. The molecule has 2 heterocycles. The number of nitrogens with zero attached hydrogens (tertiary/aromatic N) is 2. The SMILES string of the molecule is CN1CCCCC1COc1ccc(CO)cn1. The maximum atomic E-state index is 8.91. The number of likely N-dealkylation sites (N-methyl/N-ethyl adjacent to an activating group) is 1. The molecule has 1 N–H and O–H groups in total. The van der Waals surface area contributed by atoms with E-state index in [4.69, 9.17) is 9.84 Å². The monoisotopic (exact) mass is 236 g/mol. The van der Waals surface area contributed by atoms with Gasteiger partial charge in [-0.1, -0.05) is 6.42 Å². The Labute approximate surface area is 102 Å². The molecule has 1 atom stereocenters. The van der Waals surface area contributed by atoms with Crippen LogP contribution in [0, 0.1) is 0 Å². The highest BCUT2D eigenvalue weighted by Gasteiger charge is 2.19. The number of hydrogen-bond acceptors (Lipinski definition) is 4. The number of aliphatic hydroxyl groups is 1. The molecule has 17 heavy (non-hydrogen) atoms. The zero-order valence-electron chi connectivity index (χ0n) is 10.3. The predicted octanol–water partition coefficient (Wildman–Crippen LogP) is 1.44. The van der Waals surface area contributed by atoms with Crippen molar-refractivity contribution in [2.75, 3.05) is 20.2 Å². The Balaban J connectivity index is 1.84. The average Bonchev–Trinajstić information content (AvgIpc) is 2.38. The van der Waals surface area contributed by atoms with E-state index in [2.05, 4.69) is 16.9 Å². The van der Waals surface area contributed by atoms with Gasteiger partial charge in [0.05, 0.1) is 6.61 Å². The molecule has 0 radical (unpaired) electrons. The molecular formula is C13H20N2O2. The topological polar surface area (TPSA) is 45.6 Å². The van der Waals surface area contributed by atoms with Crippen molar-refractivity contribution in [1.82, 2.24) is 9.88 Å². The van der Waals surface area contributed by atoms with Crippen LogP contribution in [0.2, 0.25) is 0 Å². The zero-order valence-corrected chi connectivity index (χ0v) is 10.3. The molecule has 0 spiro atoms. The number of aromatic nitrogens is 1. The molecule has 2 rings (SSSR count). The van der Waals surface area contributed by atoms with Crippen molar-refractivity contribution >= 4 is 0 Å². The van der Waals surface area contributed by atoms with E-state index in [0.717, 1.165) is 12.1 Å². The highest BCUT2D eigenvalue weighted by atomic mass is 16.5. The molecular weight excluding hydrogens is 216 g/mol. The summed E-state index contributed by atoms with van der Waals surface area (Å²) in [7, 11) is 2.15.